The summed E-state index contributed by atoms with van der Waals surface area (Å²) in [5.74, 6) is 1.00. The molecule has 0 saturated carbocycles. The number of aromatic nitrogens is 1. The summed E-state index contributed by atoms with van der Waals surface area (Å²) in [6.07, 6.45) is 5.43. The van der Waals surface area contributed by atoms with Gasteiger partial charge in [-0.05, 0) is 31.3 Å². The summed E-state index contributed by atoms with van der Waals surface area (Å²) in [5.41, 5.74) is 0.224. The fraction of sp³-hybridized carbons (Fsp3) is 0.556. The van der Waals surface area contributed by atoms with Gasteiger partial charge in [0, 0.05) is 37.8 Å². The zero-order valence-electron chi connectivity index (χ0n) is 14.3. The van der Waals surface area contributed by atoms with Crippen molar-refractivity contribution in [2.75, 3.05) is 19.8 Å². The topological polar surface area (TPSA) is 73.6 Å². The smallest absolute Gasteiger partial charge is 0.273 e. The lowest BCUT2D eigenvalue weighted by molar-refractivity contribution is 0.0641. The summed E-state index contributed by atoms with van der Waals surface area (Å²) >= 11 is 0. The number of nitrogens with one attached hydrogen (secondary N) is 1. The van der Waals surface area contributed by atoms with Crippen molar-refractivity contribution in [1.29, 1.82) is 0 Å². The predicted molar refractivity (Wildman–Crippen MR) is 88.2 cm³/mol. The number of ether oxygens (including phenoxy) is 2. The van der Waals surface area contributed by atoms with Crippen LogP contribution in [0.15, 0.2) is 34.3 Å². The Balaban J connectivity index is 1.48. The lowest BCUT2D eigenvalue weighted by Gasteiger charge is -2.21. The molecule has 6 nitrogen and oxygen atoms in total. The van der Waals surface area contributed by atoms with Crippen LogP contribution in [-0.2, 0) is 16.1 Å². The molecule has 1 aromatic heterocycles. The van der Waals surface area contributed by atoms with Crippen molar-refractivity contribution in [2.24, 2.45) is 11.8 Å². The number of halogens is 1. The van der Waals surface area contributed by atoms with Crippen molar-refractivity contribution in [3.63, 3.8) is 0 Å². The van der Waals surface area contributed by atoms with E-state index in [2.05, 4.69) is 10.5 Å². The first kappa shape index (κ1) is 17.7. The number of nitrogens with zero attached hydrogens (tertiary/aromatic N) is 1. The average Bonchev–Trinajstić information content (AvgIpc) is 3.10. The number of allylic oxidation sites excluding steroid dienone is 4. The van der Waals surface area contributed by atoms with E-state index in [9.17, 15) is 9.18 Å². The molecule has 0 bridgehead atoms. The molecule has 3 rings (SSSR count). The van der Waals surface area contributed by atoms with Crippen LogP contribution in [0.25, 0.3) is 0 Å². The average molecular weight is 350 g/mol. The van der Waals surface area contributed by atoms with E-state index in [4.69, 9.17) is 14.0 Å². The van der Waals surface area contributed by atoms with Crippen molar-refractivity contribution >= 4 is 5.91 Å². The molecule has 1 amide bonds. The molecule has 1 fully saturated rings. The molecule has 1 aliphatic carbocycles. The molecule has 0 spiro atoms. The summed E-state index contributed by atoms with van der Waals surface area (Å²) in [4.78, 5) is 12.1. The van der Waals surface area contributed by atoms with Crippen LogP contribution in [0.5, 0.6) is 0 Å². The van der Waals surface area contributed by atoms with Crippen molar-refractivity contribution in [3.8, 4) is 0 Å². The Bertz CT molecular complexity index is 662. The molecule has 1 atom stereocenters. The monoisotopic (exact) mass is 350 g/mol. The maximum atomic E-state index is 13.3. The lowest BCUT2D eigenvalue weighted by atomic mass is 10.0. The van der Waals surface area contributed by atoms with Crippen molar-refractivity contribution in [1.82, 2.24) is 10.5 Å². The highest BCUT2D eigenvalue weighted by molar-refractivity contribution is 5.92. The Labute approximate surface area is 146 Å². The first-order valence-electron chi connectivity index (χ1n) is 8.63. The van der Waals surface area contributed by atoms with Gasteiger partial charge in [0.25, 0.3) is 5.91 Å². The van der Waals surface area contributed by atoms with Crippen LogP contribution in [-0.4, -0.2) is 30.8 Å². The first-order valence-corrected chi connectivity index (χ1v) is 8.63. The van der Waals surface area contributed by atoms with E-state index in [-0.39, 0.29) is 30.0 Å². The molecule has 1 saturated heterocycles. The number of hydrogen-bond acceptors (Lipinski definition) is 5. The van der Waals surface area contributed by atoms with E-state index in [0.29, 0.717) is 30.4 Å². The fourth-order valence-corrected chi connectivity index (χ4v) is 2.85. The maximum absolute atomic E-state index is 13.3. The summed E-state index contributed by atoms with van der Waals surface area (Å²) in [5, 5.41) is 6.66. The molecule has 2 heterocycles. The molecular formula is C18H23FN2O4. The van der Waals surface area contributed by atoms with Crippen molar-refractivity contribution in [2.45, 2.75) is 32.8 Å². The van der Waals surface area contributed by atoms with Gasteiger partial charge in [-0.1, -0.05) is 12.1 Å². The van der Waals surface area contributed by atoms with Crippen LogP contribution in [0.2, 0.25) is 0 Å². The van der Waals surface area contributed by atoms with Gasteiger partial charge in [-0.2, -0.15) is 0 Å². The Morgan fingerprint density at radius 1 is 1.44 bits per heavy atom. The summed E-state index contributed by atoms with van der Waals surface area (Å²) < 4.78 is 29.3. The van der Waals surface area contributed by atoms with Gasteiger partial charge in [-0.25, -0.2) is 4.39 Å². The van der Waals surface area contributed by atoms with Crippen LogP contribution in [0.3, 0.4) is 0 Å². The van der Waals surface area contributed by atoms with Gasteiger partial charge in [0.05, 0.1) is 0 Å². The Morgan fingerprint density at radius 3 is 3.04 bits per heavy atom. The first-order chi connectivity index (χ1) is 12.1. The summed E-state index contributed by atoms with van der Waals surface area (Å²) in [6.45, 7) is 4.18. The zero-order valence-corrected chi connectivity index (χ0v) is 14.3. The van der Waals surface area contributed by atoms with Gasteiger partial charge < -0.3 is 19.3 Å². The minimum atomic E-state index is -0.293. The molecule has 1 N–H and O–H groups in total. The highest BCUT2D eigenvalue weighted by Crippen LogP contribution is 2.26. The van der Waals surface area contributed by atoms with Crippen LogP contribution in [0.4, 0.5) is 4.39 Å². The second-order valence-corrected chi connectivity index (χ2v) is 6.51. The quantitative estimate of drug-likeness (QED) is 0.853. The number of carbonyl (C=O) groups is 1. The van der Waals surface area contributed by atoms with Gasteiger partial charge in [0.15, 0.2) is 11.5 Å². The Kier molecular flexibility index (Phi) is 5.86. The molecule has 7 heteroatoms. The van der Waals surface area contributed by atoms with Gasteiger partial charge in [-0.15, -0.1) is 0 Å². The highest BCUT2D eigenvalue weighted by Gasteiger charge is 2.19. The lowest BCUT2D eigenvalue weighted by Crippen LogP contribution is -2.32. The van der Waals surface area contributed by atoms with Crippen LogP contribution in [0.1, 0.15) is 42.4 Å². The Hall–Kier alpha value is -2.15. The standard InChI is InChI=1S/C18H23FN2O4/c1-12-2-3-14(19)8-17(12)24-11-15-9-16(21-25-15)18(22)20-10-13-4-6-23-7-5-13/h3,8-9,12-13H,2,4-7,10-11H2,1H3,(H,20,22). The van der Waals surface area contributed by atoms with Gasteiger partial charge in [0.2, 0.25) is 0 Å². The molecule has 25 heavy (non-hydrogen) atoms. The van der Waals surface area contributed by atoms with E-state index in [0.717, 1.165) is 26.1 Å². The van der Waals surface area contributed by atoms with E-state index in [1.165, 1.54) is 12.2 Å². The predicted octanol–water partition coefficient (Wildman–Crippen LogP) is 3.12. The Morgan fingerprint density at radius 2 is 2.24 bits per heavy atom. The van der Waals surface area contributed by atoms with Gasteiger partial charge in [0.1, 0.15) is 18.2 Å². The van der Waals surface area contributed by atoms with Gasteiger partial charge >= 0.3 is 0 Å². The summed E-state index contributed by atoms with van der Waals surface area (Å²) in [6, 6.07) is 1.56. The number of carbonyl (C=O) groups excluding carboxylic acids is 1. The normalized spacial score (nSPS) is 21.4. The van der Waals surface area contributed by atoms with E-state index < -0.39 is 0 Å². The van der Waals surface area contributed by atoms with E-state index in [1.54, 1.807) is 6.07 Å². The minimum absolute atomic E-state index is 0.115. The van der Waals surface area contributed by atoms with Crippen molar-refractivity contribution < 1.29 is 23.2 Å². The van der Waals surface area contributed by atoms with Crippen LogP contribution < -0.4 is 5.32 Å². The van der Waals surface area contributed by atoms with Gasteiger partial charge in [-0.3, -0.25) is 4.79 Å². The molecular weight excluding hydrogens is 327 g/mol. The molecule has 0 radical (unpaired) electrons. The second kappa shape index (κ2) is 8.29. The fourth-order valence-electron chi connectivity index (χ4n) is 2.85. The molecule has 2 aliphatic rings. The zero-order chi connectivity index (χ0) is 17.6. The third kappa shape index (κ3) is 4.92. The molecule has 1 aromatic rings. The largest absolute Gasteiger partial charge is 0.489 e. The second-order valence-electron chi connectivity index (χ2n) is 6.51. The third-order valence-corrected chi connectivity index (χ3v) is 4.50. The molecule has 0 aromatic carbocycles. The number of hydrogen-bond donors (Lipinski definition) is 1. The SMILES string of the molecule is CC1CC=C(F)C=C1OCc1cc(C(=O)NCC2CCOCC2)no1. The van der Waals surface area contributed by atoms with Crippen molar-refractivity contribution in [3.05, 3.63) is 41.3 Å². The molecule has 1 unspecified atom stereocenters. The summed E-state index contributed by atoms with van der Waals surface area (Å²) in [7, 11) is 0. The van der Waals surface area contributed by atoms with Crippen LogP contribution in [0, 0.1) is 11.8 Å². The molecule has 1 aliphatic heterocycles. The highest BCUT2D eigenvalue weighted by atomic mass is 19.1. The number of rotatable bonds is 6. The van der Waals surface area contributed by atoms with E-state index >= 15 is 0 Å². The van der Waals surface area contributed by atoms with Crippen LogP contribution >= 0.6 is 0 Å². The maximum Gasteiger partial charge on any atom is 0.273 e. The third-order valence-electron chi connectivity index (χ3n) is 4.50. The van der Waals surface area contributed by atoms with E-state index in [1.807, 2.05) is 6.92 Å². The number of amides is 1. The minimum Gasteiger partial charge on any atom is -0.489 e. The molecule has 136 valence electrons.